The summed E-state index contributed by atoms with van der Waals surface area (Å²) < 4.78 is 66.1. The topological polar surface area (TPSA) is 52.6 Å². The summed E-state index contributed by atoms with van der Waals surface area (Å²) in [5, 5.41) is 0. The van der Waals surface area contributed by atoms with Gasteiger partial charge in [0.1, 0.15) is 0 Å². The van der Waals surface area contributed by atoms with Crippen LogP contribution < -0.4 is 0 Å². The minimum atomic E-state index is -5.50. The molecular weight excluding hydrogens is 289 g/mol. The van der Waals surface area contributed by atoms with Crippen LogP contribution >= 0.6 is 0 Å². The van der Waals surface area contributed by atoms with Gasteiger partial charge in [-0.15, -0.1) is 0 Å². The molecule has 18 heavy (non-hydrogen) atoms. The molecule has 0 aliphatic rings. The van der Waals surface area contributed by atoms with Crippen molar-refractivity contribution in [2.45, 2.75) is 44.4 Å². The van der Waals surface area contributed by atoms with E-state index in [1.54, 1.807) is 0 Å². The van der Waals surface area contributed by atoms with Crippen molar-refractivity contribution in [2.24, 2.45) is 0 Å². The third kappa shape index (κ3) is 6.71. The quantitative estimate of drug-likeness (QED) is 0.299. The predicted molar refractivity (Wildman–Crippen MR) is 64.1 cm³/mol. The summed E-state index contributed by atoms with van der Waals surface area (Å²) in [5.41, 5.74) is -5.37. The highest BCUT2D eigenvalue weighted by Gasteiger charge is 2.47. The minimum Gasteiger partial charge on any atom is -0.415 e. The van der Waals surface area contributed by atoms with E-state index in [-0.39, 0.29) is 6.61 Å². The van der Waals surface area contributed by atoms with Crippen LogP contribution in [0.4, 0.5) is 13.2 Å². The zero-order chi connectivity index (χ0) is 14.4. The maximum Gasteiger partial charge on any atom is 0.523 e. The molecule has 0 aliphatic heterocycles. The summed E-state index contributed by atoms with van der Waals surface area (Å²) in [5.74, 6) is 0. The SMILES string of the molecule is CCCC[Si](C)(C)OCCOS(=O)(=O)C(F)(F)F. The Morgan fingerprint density at radius 3 is 2.17 bits per heavy atom. The highest BCUT2D eigenvalue weighted by Crippen LogP contribution is 2.24. The average Bonchev–Trinajstić information content (AvgIpc) is 2.20. The third-order valence-electron chi connectivity index (χ3n) is 2.23. The summed E-state index contributed by atoms with van der Waals surface area (Å²) in [7, 11) is -7.42. The van der Waals surface area contributed by atoms with Crippen LogP contribution in [0.3, 0.4) is 0 Å². The van der Waals surface area contributed by atoms with E-state index in [1.165, 1.54) is 0 Å². The van der Waals surface area contributed by atoms with E-state index in [1.807, 2.05) is 20.0 Å². The first-order valence-corrected chi connectivity index (χ1v) is 10.1. The third-order valence-corrected chi connectivity index (χ3v) is 5.82. The molecule has 0 aromatic heterocycles. The molecule has 0 amide bonds. The van der Waals surface area contributed by atoms with Gasteiger partial charge < -0.3 is 4.43 Å². The number of halogens is 3. The van der Waals surface area contributed by atoms with Gasteiger partial charge in [-0.05, 0) is 19.1 Å². The van der Waals surface area contributed by atoms with Crippen LogP contribution in [0.25, 0.3) is 0 Å². The zero-order valence-corrected chi connectivity index (χ0v) is 12.5. The Hall–Kier alpha value is -0.123. The molecule has 0 N–H and O–H groups in total. The molecule has 0 heterocycles. The smallest absolute Gasteiger partial charge is 0.415 e. The van der Waals surface area contributed by atoms with E-state index in [0.29, 0.717) is 0 Å². The van der Waals surface area contributed by atoms with Crippen LogP contribution in [0, 0.1) is 0 Å². The van der Waals surface area contributed by atoms with Crippen molar-refractivity contribution in [3.05, 3.63) is 0 Å². The molecule has 0 atom stereocenters. The largest absolute Gasteiger partial charge is 0.523 e. The highest BCUT2D eigenvalue weighted by atomic mass is 32.2. The Morgan fingerprint density at radius 2 is 1.72 bits per heavy atom. The lowest BCUT2D eigenvalue weighted by molar-refractivity contribution is -0.0547. The van der Waals surface area contributed by atoms with E-state index in [4.69, 9.17) is 4.43 Å². The first-order valence-electron chi connectivity index (χ1n) is 5.61. The normalized spacial score (nSPS) is 13.9. The predicted octanol–water partition coefficient (Wildman–Crippen LogP) is 2.87. The van der Waals surface area contributed by atoms with Crippen molar-refractivity contribution in [3.8, 4) is 0 Å². The van der Waals surface area contributed by atoms with Gasteiger partial charge in [0.25, 0.3) is 0 Å². The Kier molecular flexibility index (Phi) is 6.83. The first kappa shape index (κ1) is 17.9. The molecule has 0 bridgehead atoms. The van der Waals surface area contributed by atoms with E-state index in [2.05, 4.69) is 4.18 Å². The molecule has 110 valence electrons. The van der Waals surface area contributed by atoms with E-state index < -0.39 is 30.6 Å². The lowest BCUT2D eigenvalue weighted by atomic mass is 10.4. The molecule has 0 saturated heterocycles. The molecule has 0 aliphatic carbocycles. The van der Waals surface area contributed by atoms with Crippen molar-refractivity contribution in [1.82, 2.24) is 0 Å². The van der Waals surface area contributed by atoms with Crippen LogP contribution in [0.15, 0.2) is 0 Å². The van der Waals surface area contributed by atoms with Gasteiger partial charge in [0.05, 0.1) is 13.2 Å². The number of unbranched alkanes of at least 4 members (excludes halogenated alkanes) is 1. The number of rotatable bonds is 8. The van der Waals surface area contributed by atoms with Crippen molar-refractivity contribution < 1.29 is 30.2 Å². The standard InChI is InChI=1S/C9H19F3O4SSi/c1-4-5-8-18(2,3)16-7-6-15-17(13,14)9(10,11)12/h4-8H2,1-3H3. The summed E-state index contributed by atoms with van der Waals surface area (Å²) in [6, 6.07) is 0.884. The molecular formula is C9H19F3O4SSi. The van der Waals surface area contributed by atoms with Gasteiger partial charge in [-0.3, -0.25) is 4.18 Å². The van der Waals surface area contributed by atoms with Gasteiger partial charge in [0.15, 0.2) is 8.32 Å². The second kappa shape index (κ2) is 6.87. The average molecular weight is 308 g/mol. The fraction of sp³-hybridized carbons (Fsp3) is 1.00. The van der Waals surface area contributed by atoms with Gasteiger partial charge in [0.2, 0.25) is 0 Å². The molecule has 0 aromatic rings. The number of hydrogen-bond donors (Lipinski definition) is 0. The molecule has 0 saturated carbocycles. The monoisotopic (exact) mass is 308 g/mol. The van der Waals surface area contributed by atoms with Crippen LogP contribution in [-0.4, -0.2) is 35.5 Å². The van der Waals surface area contributed by atoms with Gasteiger partial charge in [-0.1, -0.05) is 19.8 Å². The van der Waals surface area contributed by atoms with Crippen LogP contribution in [0.1, 0.15) is 19.8 Å². The Morgan fingerprint density at radius 1 is 1.17 bits per heavy atom. The van der Waals surface area contributed by atoms with Gasteiger partial charge in [0, 0.05) is 0 Å². The maximum atomic E-state index is 11.9. The highest BCUT2D eigenvalue weighted by molar-refractivity contribution is 7.87. The Balaban J connectivity index is 4.01. The second-order valence-corrected chi connectivity index (χ2v) is 10.3. The second-order valence-electron chi connectivity index (χ2n) is 4.43. The molecule has 4 nitrogen and oxygen atoms in total. The fourth-order valence-corrected chi connectivity index (χ4v) is 3.61. The Labute approximate surface area is 107 Å². The van der Waals surface area contributed by atoms with Crippen LogP contribution in [0.2, 0.25) is 19.1 Å². The molecule has 0 spiro atoms. The molecule has 0 radical (unpaired) electrons. The lowest BCUT2D eigenvalue weighted by Gasteiger charge is -2.22. The van der Waals surface area contributed by atoms with Crippen LogP contribution in [-0.2, 0) is 18.7 Å². The summed E-state index contributed by atoms with van der Waals surface area (Å²) in [6.07, 6.45) is 2.00. The van der Waals surface area contributed by atoms with E-state index in [0.717, 1.165) is 18.9 Å². The molecule has 0 rings (SSSR count). The lowest BCUT2D eigenvalue weighted by Crippen LogP contribution is -2.33. The maximum absolute atomic E-state index is 11.9. The first-order chi connectivity index (χ1) is 8.02. The fourth-order valence-electron chi connectivity index (χ4n) is 1.20. The minimum absolute atomic E-state index is 0.141. The van der Waals surface area contributed by atoms with Crippen molar-refractivity contribution in [1.29, 1.82) is 0 Å². The molecule has 9 heteroatoms. The van der Waals surface area contributed by atoms with Gasteiger partial charge in [-0.2, -0.15) is 21.6 Å². The Bertz CT molecular complexity index is 340. The number of alkyl halides is 3. The molecule has 0 unspecified atom stereocenters. The summed E-state index contributed by atoms with van der Waals surface area (Å²) >= 11 is 0. The molecule has 0 fully saturated rings. The van der Waals surface area contributed by atoms with Gasteiger partial charge in [-0.25, -0.2) is 0 Å². The molecule has 0 aromatic carbocycles. The van der Waals surface area contributed by atoms with Gasteiger partial charge >= 0.3 is 15.6 Å². The van der Waals surface area contributed by atoms with Crippen molar-refractivity contribution in [2.75, 3.05) is 13.2 Å². The van der Waals surface area contributed by atoms with Crippen LogP contribution in [0.5, 0.6) is 0 Å². The van der Waals surface area contributed by atoms with E-state index >= 15 is 0 Å². The zero-order valence-electron chi connectivity index (χ0n) is 10.7. The van der Waals surface area contributed by atoms with Crippen molar-refractivity contribution >= 4 is 18.4 Å². The summed E-state index contributed by atoms with van der Waals surface area (Å²) in [6.45, 7) is 5.15. The number of hydrogen-bond acceptors (Lipinski definition) is 4. The van der Waals surface area contributed by atoms with E-state index in [9.17, 15) is 21.6 Å². The summed E-state index contributed by atoms with van der Waals surface area (Å²) in [4.78, 5) is 0. The van der Waals surface area contributed by atoms with Crippen molar-refractivity contribution in [3.63, 3.8) is 0 Å².